The molecule has 0 saturated heterocycles. The maximum atomic E-state index is 13.4. The summed E-state index contributed by atoms with van der Waals surface area (Å²) in [7, 11) is 0. The molecule has 1 amide bonds. The van der Waals surface area contributed by atoms with Crippen molar-refractivity contribution in [3.8, 4) is 0 Å². The molecule has 5 nitrogen and oxygen atoms in total. The van der Waals surface area contributed by atoms with Crippen molar-refractivity contribution in [3.63, 3.8) is 0 Å². The van der Waals surface area contributed by atoms with E-state index < -0.39 is 24.1 Å². The van der Waals surface area contributed by atoms with Crippen molar-refractivity contribution < 1.29 is 23.1 Å². The molecule has 1 fully saturated rings. The van der Waals surface area contributed by atoms with Gasteiger partial charge in [0.25, 0.3) is 0 Å². The third-order valence-corrected chi connectivity index (χ3v) is 4.61. The fourth-order valence-electron chi connectivity index (χ4n) is 3.47. The van der Waals surface area contributed by atoms with Crippen molar-refractivity contribution in [2.75, 3.05) is 5.32 Å². The van der Waals surface area contributed by atoms with Gasteiger partial charge in [-0.3, -0.25) is 9.89 Å². The van der Waals surface area contributed by atoms with Crippen molar-refractivity contribution in [3.05, 3.63) is 11.3 Å². The Balaban J connectivity index is 2.07. The van der Waals surface area contributed by atoms with Crippen LogP contribution in [-0.2, 0) is 10.4 Å². The van der Waals surface area contributed by atoms with E-state index in [0.717, 1.165) is 38.5 Å². The normalized spacial score (nSPS) is 27.2. The molecule has 8 heteroatoms. The number of alkyl halides is 3. The second-order valence-corrected chi connectivity index (χ2v) is 6.13. The average Bonchev–Trinajstić information content (AvgIpc) is 2.67. The quantitative estimate of drug-likeness (QED) is 0.697. The van der Waals surface area contributed by atoms with Gasteiger partial charge >= 0.3 is 6.18 Å². The van der Waals surface area contributed by atoms with Gasteiger partial charge in [-0.2, -0.15) is 18.3 Å². The number of carbonyl (C=O) groups excluding carboxylic acids is 1. The highest BCUT2D eigenvalue weighted by atomic mass is 19.4. The Bertz CT molecular complexity index is 576. The number of aromatic amines is 1. The van der Waals surface area contributed by atoms with E-state index in [1.807, 2.05) is 0 Å². The number of hydrogen-bond acceptors (Lipinski definition) is 3. The van der Waals surface area contributed by atoms with Crippen molar-refractivity contribution in [2.45, 2.75) is 62.6 Å². The Morgan fingerprint density at radius 3 is 2.41 bits per heavy atom. The van der Waals surface area contributed by atoms with Gasteiger partial charge in [-0.15, -0.1) is 0 Å². The minimum absolute atomic E-state index is 0.0948. The van der Waals surface area contributed by atoms with E-state index in [9.17, 15) is 23.1 Å². The second kappa shape index (κ2) is 5.26. The largest absolute Gasteiger partial charge is 0.422 e. The lowest BCUT2D eigenvalue weighted by Crippen LogP contribution is -2.48. The first kappa shape index (κ1) is 15.3. The molecule has 1 aromatic rings. The monoisotopic (exact) mass is 317 g/mol. The molecule has 0 radical (unpaired) electrons. The zero-order valence-electron chi connectivity index (χ0n) is 12.0. The first-order chi connectivity index (χ1) is 10.3. The zero-order chi connectivity index (χ0) is 16.0. The first-order valence-electron chi connectivity index (χ1n) is 7.50. The van der Waals surface area contributed by atoms with Crippen molar-refractivity contribution in [1.29, 1.82) is 0 Å². The molecule has 3 N–H and O–H groups in total. The summed E-state index contributed by atoms with van der Waals surface area (Å²) in [5.41, 5.74) is -3.15. The molecule has 122 valence electrons. The van der Waals surface area contributed by atoms with Crippen LogP contribution in [0.25, 0.3) is 0 Å². The van der Waals surface area contributed by atoms with Crippen molar-refractivity contribution >= 4 is 11.7 Å². The molecule has 22 heavy (non-hydrogen) atoms. The van der Waals surface area contributed by atoms with Crippen molar-refractivity contribution in [2.24, 2.45) is 0 Å². The lowest BCUT2D eigenvalue weighted by Gasteiger charge is -2.34. The lowest BCUT2D eigenvalue weighted by molar-refractivity contribution is -0.267. The van der Waals surface area contributed by atoms with Gasteiger partial charge in [-0.05, 0) is 12.8 Å². The SMILES string of the molecule is O=C1CC(O)(C(F)(F)F)c2c(n[nH]c2C2CCCCCC2)N1. The Hall–Kier alpha value is -1.57. The number of halogens is 3. The topological polar surface area (TPSA) is 78.0 Å². The second-order valence-electron chi connectivity index (χ2n) is 6.13. The highest BCUT2D eigenvalue weighted by molar-refractivity contribution is 5.94. The molecule has 1 saturated carbocycles. The molecule has 1 atom stereocenters. The van der Waals surface area contributed by atoms with Gasteiger partial charge in [0.15, 0.2) is 11.4 Å². The summed E-state index contributed by atoms with van der Waals surface area (Å²) >= 11 is 0. The number of nitrogens with zero attached hydrogens (tertiary/aromatic N) is 1. The number of aliphatic hydroxyl groups is 1. The van der Waals surface area contributed by atoms with Crippen LogP contribution in [0.3, 0.4) is 0 Å². The van der Waals surface area contributed by atoms with Gasteiger partial charge in [0.05, 0.1) is 12.0 Å². The number of fused-ring (bicyclic) bond motifs is 1. The molecule has 0 aromatic carbocycles. The van der Waals surface area contributed by atoms with E-state index in [2.05, 4.69) is 15.5 Å². The molecular weight excluding hydrogens is 299 g/mol. The molecule has 0 spiro atoms. The Labute approximate surface area is 125 Å². The standard InChI is InChI=1S/C14H18F3N3O2/c15-14(16,17)13(22)7-9(21)18-12-10(13)11(19-20-12)8-5-3-1-2-4-6-8/h8,22H,1-7H2,(H2,18,19,20,21). The number of nitrogens with one attached hydrogen (secondary N) is 2. The molecule has 1 aromatic heterocycles. The van der Waals surface area contributed by atoms with Crippen LogP contribution in [0.4, 0.5) is 19.0 Å². The number of hydrogen-bond donors (Lipinski definition) is 3. The number of rotatable bonds is 1. The summed E-state index contributed by atoms with van der Waals surface area (Å²) in [6.45, 7) is 0. The van der Waals surface area contributed by atoms with Crippen LogP contribution in [0.5, 0.6) is 0 Å². The van der Waals surface area contributed by atoms with E-state index >= 15 is 0 Å². The molecule has 2 aliphatic rings. The summed E-state index contributed by atoms with van der Waals surface area (Å²) in [5, 5.41) is 19.0. The number of carbonyl (C=O) groups is 1. The maximum Gasteiger partial charge on any atom is 0.422 e. The predicted octanol–water partition coefficient (Wildman–Crippen LogP) is 2.94. The Morgan fingerprint density at radius 2 is 1.82 bits per heavy atom. The van der Waals surface area contributed by atoms with Crippen LogP contribution < -0.4 is 5.32 Å². The van der Waals surface area contributed by atoms with Crippen LogP contribution in [0, 0.1) is 0 Å². The van der Waals surface area contributed by atoms with E-state index in [0.29, 0.717) is 5.69 Å². The van der Waals surface area contributed by atoms with Gasteiger partial charge in [0, 0.05) is 11.6 Å². The van der Waals surface area contributed by atoms with Gasteiger partial charge in [-0.25, -0.2) is 0 Å². The van der Waals surface area contributed by atoms with E-state index in [4.69, 9.17) is 0 Å². The van der Waals surface area contributed by atoms with Crippen LogP contribution >= 0.6 is 0 Å². The molecule has 1 unspecified atom stereocenters. The van der Waals surface area contributed by atoms with Gasteiger partial charge in [-0.1, -0.05) is 25.7 Å². The smallest absolute Gasteiger partial charge is 0.376 e. The number of H-pyrrole nitrogens is 1. The number of amides is 1. The molecule has 1 aliphatic carbocycles. The molecule has 3 rings (SSSR count). The first-order valence-corrected chi connectivity index (χ1v) is 7.50. The Kier molecular flexibility index (Phi) is 3.66. The predicted molar refractivity (Wildman–Crippen MR) is 72.2 cm³/mol. The third kappa shape index (κ3) is 2.39. The van der Waals surface area contributed by atoms with Gasteiger partial charge in [0.1, 0.15) is 0 Å². The number of aromatic nitrogens is 2. The van der Waals surface area contributed by atoms with Crippen LogP contribution in [-0.4, -0.2) is 27.4 Å². The van der Waals surface area contributed by atoms with E-state index in [1.54, 1.807) is 0 Å². The summed E-state index contributed by atoms with van der Waals surface area (Å²) in [5.74, 6) is -1.18. The van der Waals surface area contributed by atoms with Gasteiger partial charge < -0.3 is 10.4 Å². The minimum Gasteiger partial charge on any atom is -0.376 e. The fourth-order valence-corrected chi connectivity index (χ4v) is 3.47. The van der Waals surface area contributed by atoms with Gasteiger partial charge in [0.2, 0.25) is 5.91 Å². The van der Waals surface area contributed by atoms with Crippen LogP contribution in [0.15, 0.2) is 0 Å². The van der Waals surface area contributed by atoms with Crippen molar-refractivity contribution in [1.82, 2.24) is 10.2 Å². The van der Waals surface area contributed by atoms with E-state index in [-0.39, 0.29) is 17.3 Å². The maximum absolute atomic E-state index is 13.4. The lowest BCUT2D eigenvalue weighted by atomic mass is 9.82. The average molecular weight is 317 g/mol. The summed E-state index contributed by atoms with van der Waals surface area (Å²) < 4.78 is 40.2. The van der Waals surface area contributed by atoms with E-state index in [1.165, 1.54) is 0 Å². The zero-order valence-corrected chi connectivity index (χ0v) is 12.0. The Morgan fingerprint density at radius 1 is 1.18 bits per heavy atom. The van der Waals surface area contributed by atoms with Crippen LogP contribution in [0.2, 0.25) is 0 Å². The molecule has 2 heterocycles. The summed E-state index contributed by atoms with van der Waals surface area (Å²) in [6, 6.07) is 0. The number of anilines is 1. The molecule has 1 aliphatic heterocycles. The van der Waals surface area contributed by atoms with Crippen LogP contribution in [0.1, 0.15) is 62.1 Å². The molecule has 0 bridgehead atoms. The third-order valence-electron chi connectivity index (χ3n) is 4.61. The highest BCUT2D eigenvalue weighted by Gasteiger charge is 2.61. The highest BCUT2D eigenvalue weighted by Crippen LogP contribution is 2.50. The molecular formula is C14H18F3N3O2. The summed E-state index contributed by atoms with van der Waals surface area (Å²) in [6.07, 6.45) is -0.427. The summed E-state index contributed by atoms with van der Waals surface area (Å²) in [4.78, 5) is 11.5. The minimum atomic E-state index is -4.93. The fraction of sp³-hybridized carbons (Fsp3) is 0.714.